The van der Waals surface area contributed by atoms with E-state index in [1.165, 1.54) is 0 Å². The molecule has 3 aromatic rings. The van der Waals surface area contributed by atoms with Crippen LogP contribution in [-0.2, 0) is 13.6 Å². The Bertz CT molecular complexity index is 956. The zero-order valence-electron chi connectivity index (χ0n) is 14.2. The number of nitrogens with one attached hydrogen (secondary N) is 1. The minimum atomic E-state index is -0.244. The molecule has 1 saturated carbocycles. The molecule has 130 valence electrons. The van der Waals surface area contributed by atoms with E-state index in [0.29, 0.717) is 22.3 Å². The predicted octanol–water partition coefficient (Wildman–Crippen LogP) is 3.36. The summed E-state index contributed by atoms with van der Waals surface area (Å²) in [5, 5.41) is 12.5. The molecule has 25 heavy (non-hydrogen) atoms. The zero-order chi connectivity index (χ0) is 17.6. The maximum absolute atomic E-state index is 12.9. The van der Waals surface area contributed by atoms with Gasteiger partial charge in [-0.2, -0.15) is 10.2 Å². The smallest absolute Gasteiger partial charge is 0.257 e. The molecular formula is C17H19ClN6O. The molecule has 3 heterocycles. The van der Waals surface area contributed by atoms with E-state index in [1.54, 1.807) is 24.1 Å². The Kier molecular flexibility index (Phi) is 3.95. The molecule has 1 fully saturated rings. The summed E-state index contributed by atoms with van der Waals surface area (Å²) >= 11 is 6.11. The number of aryl methyl sites for hydroxylation is 2. The van der Waals surface area contributed by atoms with Crippen molar-refractivity contribution in [2.75, 3.05) is 5.32 Å². The van der Waals surface area contributed by atoms with Gasteiger partial charge in [-0.25, -0.2) is 9.67 Å². The standard InChI is InChI=1S/C17H19ClN6O/c1-3-6-24-16-12(8-19-24)11(7-14(20-16)10-4-5-10)17(25)21-15-13(18)9-23(2)22-15/h7-10H,3-6H2,1-2H3,(H,21,22,25). The topological polar surface area (TPSA) is 77.6 Å². The summed E-state index contributed by atoms with van der Waals surface area (Å²) in [7, 11) is 1.76. The Balaban J connectivity index is 1.76. The number of anilines is 1. The van der Waals surface area contributed by atoms with Crippen LogP contribution in [0, 0.1) is 0 Å². The number of pyridine rings is 1. The fraction of sp³-hybridized carbons (Fsp3) is 0.412. The molecule has 0 aliphatic heterocycles. The van der Waals surface area contributed by atoms with Gasteiger partial charge in [0.15, 0.2) is 11.5 Å². The summed E-state index contributed by atoms with van der Waals surface area (Å²) in [5.41, 5.74) is 2.29. The number of fused-ring (bicyclic) bond motifs is 1. The van der Waals surface area contributed by atoms with E-state index in [4.69, 9.17) is 16.6 Å². The van der Waals surface area contributed by atoms with Gasteiger partial charge < -0.3 is 5.32 Å². The van der Waals surface area contributed by atoms with Crippen LogP contribution in [0.3, 0.4) is 0 Å². The van der Waals surface area contributed by atoms with Gasteiger partial charge in [0.2, 0.25) is 0 Å². The highest BCUT2D eigenvalue weighted by atomic mass is 35.5. The van der Waals surface area contributed by atoms with Gasteiger partial charge in [-0.1, -0.05) is 18.5 Å². The predicted molar refractivity (Wildman–Crippen MR) is 96.0 cm³/mol. The third-order valence-electron chi connectivity index (χ3n) is 4.32. The molecule has 0 spiro atoms. The molecule has 7 nitrogen and oxygen atoms in total. The number of aromatic nitrogens is 5. The van der Waals surface area contributed by atoms with Gasteiger partial charge in [0.25, 0.3) is 5.91 Å². The van der Waals surface area contributed by atoms with E-state index in [-0.39, 0.29) is 5.91 Å². The number of halogens is 1. The molecule has 0 saturated heterocycles. The van der Waals surface area contributed by atoms with Crippen molar-refractivity contribution in [1.29, 1.82) is 0 Å². The van der Waals surface area contributed by atoms with E-state index in [2.05, 4.69) is 22.4 Å². The first-order chi connectivity index (χ1) is 12.1. The van der Waals surface area contributed by atoms with Crippen molar-refractivity contribution in [2.24, 2.45) is 7.05 Å². The summed E-state index contributed by atoms with van der Waals surface area (Å²) < 4.78 is 3.43. The summed E-state index contributed by atoms with van der Waals surface area (Å²) in [6, 6.07) is 1.88. The Morgan fingerprint density at radius 3 is 2.88 bits per heavy atom. The summed E-state index contributed by atoms with van der Waals surface area (Å²) in [5.74, 6) is 0.554. The molecule has 0 radical (unpaired) electrons. The second kappa shape index (κ2) is 6.15. The average Bonchev–Trinajstić information content (AvgIpc) is 3.28. The van der Waals surface area contributed by atoms with Crippen molar-refractivity contribution in [3.63, 3.8) is 0 Å². The lowest BCUT2D eigenvalue weighted by molar-refractivity contribution is 0.102. The highest BCUT2D eigenvalue weighted by molar-refractivity contribution is 6.33. The zero-order valence-corrected chi connectivity index (χ0v) is 14.9. The first-order valence-corrected chi connectivity index (χ1v) is 8.81. The van der Waals surface area contributed by atoms with Crippen molar-refractivity contribution in [2.45, 2.75) is 38.6 Å². The van der Waals surface area contributed by atoms with E-state index < -0.39 is 0 Å². The molecule has 4 rings (SSSR count). The third kappa shape index (κ3) is 3.00. The molecule has 1 aliphatic rings. The molecular weight excluding hydrogens is 340 g/mol. The number of carbonyl (C=O) groups excluding carboxylic acids is 1. The van der Waals surface area contributed by atoms with Crippen LogP contribution in [0.2, 0.25) is 5.02 Å². The highest BCUT2D eigenvalue weighted by Crippen LogP contribution is 2.40. The molecule has 0 atom stereocenters. The van der Waals surface area contributed by atoms with Crippen LogP contribution in [0.4, 0.5) is 5.82 Å². The monoisotopic (exact) mass is 358 g/mol. The Morgan fingerprint density at radius 2 is 2.24 bits per heavy atom. The Hall–Kier alpha value is -2.41. The summed E-state index contributed by atoms with van der Waals surface area (Å²) in [4.78, 5) is 17.6. The first kappa shape index (κ1) is 16.1. The number of rotatable bonds is 5. The van der Waals surface area contributed by atoms with Gasteiger partial charge in [-0.15, -0.1) is 0 Å². The molecule has 0 unspecified atom stereocenters. The number of amides is 1. The molecule has 1 amide bonds. The molecule has 1 aliphatic carbocycles. The minimum Gasteiger partial charge on any atom is -0.304 e. The number of carbonyl (C=O) groups is 1. The van der Waals surface area contributed by atoms with Crippen LogP contribution >= 0.6 is 11.6 Å². The van der Waals surface area contributed by atoms with Crippen LogP contribution in [0.25, 0.3) is 11.0 Å². The third-order valence-corrected chi connectivity index (χ3v) is 4.60. The van der Waals surface area contributed by atoms with Crippen LogP contribution in [-0.4, -0.2) is 30.5 Å². The Labute approximate surface area is 150 Å². The largest absolute Gasteiger partial charge is 0.304 e. The van der Waals surface area contributed by atoms with Crippen molar-refractivity contribution in [1.82, 2.24) is 24.5 Å². The van der Waals surface area contributed by atoms with Gasteiger partial charge in [0.05, 0.1) is 17.1 Å². The lowest BCUT2D eigenvalue weighted by atomic mass is 10.1. The van der Waals surface area contributed by atoms with Gasteiger partial charge in [-0.3, -0.25) is 9.48 Å². The van der Waals surface area contributed by atoms with Gasteiger partial charge in [0.1, 0.15) is 5.02 Å². The molecule has 3 aromatic heterocycles. The van der Waals surface area contributed by atoms with Crippen LogP contribution in [0.5, 0.6) is 0 Å². The SMILES string of the molecule is CCCn1ncc2c(C(=O)Nc3nn(C)cc3Cl)cc(C3CC3)nc21. The number of hydrogen-bond acceptors (Lipinski definition) is 4. The molecule has 8 heteroatoms. The molecule has 0 aromatic carbocycles. The first-order valence-electron chi connectivity index (χ1n) is 8.43. The lowest BCUT2D eigenvalue weighted by Crippen LogP contribution is -2.14. The van der Waals surface area contributed by atoms with Crippen LogP contribution in [0.1, 0.15) is 48.2 Å². The summed E-state index contributed by atoms with van der Waals surface area (Å²) in [6.07, 6.45) is 6.55. The van der Waals surface area contributed by atoms with Crippen LogP contribution < -0.4 is 5.32 Å². The van der Waals surface area contributed by atoms with Gasteiger partial charge in [0, 0.05) is 31.4 Å². The van der Waals surface area contributed by atoms with Gasteiger partial charge >= 0.3 is 0 Å². The minimum absolute atomic E-state index is 0.244. The Morgan fingerprint density at radius 1 is 1.44 bits per heavy atom. The lowest BCUT2D eigenvalue weighted by Gasteiger charge is -2.08. The second-order valence-electron chi connectivity index (χ2n) is 6.43. The number of nitrogens with zero attached hydrogens (tertiary/aromatic N) is 5. The average molecular weight is 359 g/mol. The van der Waals surface area contributed by atoms with E-state index in [1.807, 2.05) is 10.7 Å². The number of hydrogen-bond donors (Lipinski definition) is 1. The van der Waals surface area contributed by atoms with E-state index >= 15 is 0 Å². The highest BCUT2D eigenvalue weighted by Gasteiger charge is 2.28. The fourth-order valence-corrected chi connectivity index (χ4v) is 3.16. The maximum atomic E-state index is 12.9. The van der Waals surface area contributed by atoms with E-state index in [9.17, 15) is 4.79 Å². The van der Waals surface area contributed by atoms with Crippen LogP contribution in [0.15, 0.2) is 18.5 Å². The fourth-order valence-electron chi connectivity index (χ4n) is 2.94. The van der Waals surface area contributed by atoms with Crippen molar-refractivity contribution < 1.29 is 4.79 Å². The quantitative estimate of drug-likeness (QED) is 0.758. The van der Waals surface area contributed by atoms with Crippen molar-refractivity contribution >= 4 is 34.4 Å². The van der Waals surface area contributed by atoms with E-state index in [0.717, 1.165) is 42.5 Å². The summed E-state index contributed by atoms with van der Waals surface area (Å²) in [6.45, 7) is 2.87. The van der Waals surface area contributed by atoms with Gasteiger partial charge in [-0.05, 0) is 25.3 Å². The normalized spacial score (nSPS) is 14.2. The maximum Gasteiger partial charge on any atom is 0.257 e. The second-order valence-corrected chi connectivity index (χ2v) is 6.83. The van der Waals surface area contributed by atoms with Crippen molar-refractivity contribution in [3.05, 3.63) is 34.7 Å². The van der Waals surface area contributed by atoms with Crippen molar-refractivity contribution in [3.8, 4) is 0 Å². The molecule has 1 N–H and O–H groups in total. The molecule has 0 bridgehead atoms.